The van der Waals surface area contributed by atoms with Crippen molar-refractivity contribution in [2.45, 2.75) is 76.7 Å². The van der Waals surface area contributed by atoms with Crippen LogP contribution in [0.4, 0.5) is 23.4 Å². The average molecular weight is 620 g/mol. The van der Waals surface area contributed by atoms with Gasteiger partial charge in [-0.15, -0.1) is 0 Å². The van der Waals surface area contributed by atoms with Gasteiger partial charge in [0, 0.05) is 43.5 Å². The Kier molecular flexibility index (Phi) is 9.57. The molecule has 1 aliphatic rings. The van der Waals surface area contributed by atoms with Crippen LogP contribution in [0.3, 0.4) is 0 Å². The van der Waals surface area contributed by atoms with Crippen LogP contribution in [0.2, 0.25) is 18.1 Å². The normalized spacial score (nSPS) is 18.2. The van der Waals surface area contributed by atoms with E-state index in [-0.39, 0.29) is 54.2 Å². The number of nitrogens with zero attached hydrogens (tertiary/aromatic N) is 4. The summed E-state index contributed by atoms with van der Waals surface area (Å²) < 4.78 is 70.1. The van der Waals surface area contributed by atoms with Gasteiger partial charge in [-0.2, -0.15) is 0 Å². The lowest BCUT2D eigenvalue weighted by atomic mass is 9.87. The van der Waals surface area contributed by atoms with Gasteiger partial charge in [0.1, 0.15) is 5.82 Å². The Bertz CT molecular complexity index is 1420. The monoisotopic (exact) mass is 619 g/mol. The van der Waals surface area contributed by atoms with E-state index in [1.54, 1.807) is 24.0 Å². The van der Waals surface area contributed by atoms with Crippen LogP contribution in [0, 0.1) is 11.6 Å². The van der Waals surface area contributed by atoms with Gasteiger partial charge in [0.15, 0.2) is 25.7 Å². The molecule has 0 aliphatic carbocycles. The first-order valence-electron chi connectivity index (χ1n) is 14.0. The minimum atomic E-state index is -2.91. The third-order valence-corrected chi connectivity index (χ3v) is 12.7. The van der Waals surface area contributed by atoms with E-state index < -0.39 is 43.7 Å². The maximum Gasteiger partial charge on any atom is 0.257 e. The maximum atomic E-state index is 14.8. The highest BCUT2D eigenvalue weighted by Gasteiger charge is 2.46. The molecule has 43 heavy (non-hydrogen) atoms. The number of benzene rings is 1. The molecule has 0 spiro atoms. The topological polar surface area (TPSA) is 89.5 Å². The molecule has 2 aromatic heterocycles. The molecule has 0 bridgehead atoms. The highest BCUT2D eigenvalue weighted by Crippen LogP contribution is 2.41. The van der Waals surface area contributed by atoms with Crippen molar-refractivity contribution in [3.05, 3.63) is 71.8 Å². The number of pyridine rings is 1. The molecule has 3 heterocycles. The maximum absolute atomic E-state index is 14.8. The van der Waals surface area contributed by atoms with Gasteiger partial charge in [-0.3, -0.25) is 14.7 Å². The van der Waals surface area contributed by atoms with E-state index in [0.717, 1.165) is 6.07 Å². The number of amides is 1. The van der Waals surface area contributed by atoms with E-state index in [0.29, 0.717) is 11.6 Å². The molecule has 1 fully saturated rings. The van der Waals surface area contributed by atoms with Crippen molar-refractivity contribution in [3.63, 3.8) is 0 Å². The van der Waals surface area contributed by atoms with Gasteiger partial charge in [-0.25, -0.2) is 27.5 Å². The smallest absolute Gasteiger partial charge is 0.257 e. The van der Waals surface area contributed by atoms with Crippen LogP contribution in [-0.2, 0) is 15.8 Å². The fourth-order valence-corrected chi connectivity index (χ4v) is 5.42. The molecule has 8 nitrogen and oxygen atoms in total. The molecule has 1 amide bonds. The van der Waals surface area contributed by atoms with Crippen LogP contribution in [0.15, 0.2) is 49.1 Å². The molecule has 0 radical (unpaired) electrons. The average Bonchev–Trinajstić information content (AvgIpc) is 2.93. The Morgan fingerprint density at radius 2 is 1.86 bits per heavy atom. The summed E-state index contributed by atoms with van der Waals surface area (Å²) in [6.07, 6.45) is 4.99. The van der Waals surface area contributed by atoms with Crippen molar-refractivity contribution < 1.29 is 31.5 Å². The summed E-state index contributed by atoms with van der Waals surface area (Å²) in [7, 11) is -2.22. The Labute approximate surface area is 250 Å². The first-order valence-corrected chi connectivity index (χ1v) is 16.9. The number of rotatable bonds is 9. The lowest BCUT2D eigenvalue weighted by molar-refractivity contribution is -0.125. The molecule has 1 aliphatic heterocycles. The number of aromatic nitrogens is 3. The summed E-state index contributed by atoms with van der Waals surface area (Å²) in [5.41, 5.74) is 0.651. The second-order valence-corrected chi connectivity index (χ2v) is 17.1. The number of alkyl halides is 2. The summed E-state index contributed by atoms with van der Waals surface area (Å²) >= 11 is 0. The second kappa shape index (κ2) is 12.7. The summed E-state index contributed by atoms with van der Waals surface area (Å²) in [5, 5.41) is 2.53. The van der Waals surface area contributed by atoms with Gasteiger partial charge in [0.05, 0.1) is 31.0 Å². The molecule has 232 valence electrons. The zero-order valence-corrected chi connectivity index (χ0v) is 26.1. The summed E-state index contributed by atoms with van der Waals surface area (Å²) in [6, 6.07) is 4.27. The molecule has 1 saturated heterocycles. The van der Waals surface area contributed by atoms with E-state index in [1.165, 1.54) is 24.8 Å². The molecule has 3 aromatic rings. The second-order valence-electron chi connectivity index (χ2n) is 12.3. The predicted octanol–water partition coefficient (Wildman–Crippen LogP) is 6.92. The first kappa shape index (κ1) is 32.5. The third kappa shape index (κ3) is 7.76. The minimum absolute atomic E-state index is 0.00520. The summed E-state index contributed by atoms with van der Waals surface area (Å²) in [4.78, 5) is 26.8. The molecule has 2 unspecified atom stereocenters. The molecule has 1 N–H and O–H groups in total. The van der Waals surface area contributed by atoms with E-state index in [2.05, 4.69) is 41.0 Å². The highest BCUT2D eigenvalue weighted by atomic mass is 28.4. The Hall–Kier alpha value is -3.42. The number of hydrogen-bond donors (Lipinski definition) is 1. The van der Waals surface area contributed by atoms with Crippen molar-refractivity contribution in [2.24, 2.45) is 0 Å². The van der Waals surface area contributed by atoms with Crippen molar-refractivity contribution in [2.75, 3.05) is 18.4 Å². The number of carbonyl (C=O) groups is 1. The van der Waals surface area contributed by atoms with Gasteiger partial charge in [0.25, 0.3) is 5.92 Å². The molecule has 13 heteroatoms. The Morgan fingerprint density at radius 1 is 1.16 bits per heavy atom. The number of carbonyl (C=O) groups excluding carboxylic acids is 1. The van der Waals surface area contributed by atoms with Gasteiger partial charge in [-0.1, -0.05) is 20.8 Å². The molecule has 1 aromatic carbocycles. The number of anilines is 1. The van der Waals surface area contributed by atoms with E-state index >= 15 is 0 Å². The van der Waals surface area contributed by atoms with E-state index in [4.69, 9.17) is 9.16 Å². The third-order valence-electron chi connectivity index (χ3n) is 8.26. The van der Waals surface area contributed by atoms with Crippen molar-refractivity contribution in [1.82, 2.24) is 19.9 Å². The van der Waals surface area contributed by atoms with E-state index in [9.17, 15) is 22.4 Å². The lowest BCUT2D eigenvalue weighted by Crippen LogP contribution is -2.52. The molecule has 2 atom stereocenters. The van der Waals surface area contributed by atoms with E-state index in [1.807, 2.05) is 13.1 Å². The van der Waals surface area contributed by atoms with Gasteiger partial charge in [-0.05, 0) is 48.8 Å². The Balaban J connectivity index is 1.41. The SMILES string of the molecule is CC(C(=O)Nc1cnc(Oc2c(F)cc(F)cc2CO[Si](C)(C)C(C)(C)C)cn1)N1CCC(F)(F)C(c2ccncc2)C1. The summed E-state index contributed by atoms with van der Waals surface area (Å²) in [5.74, 6) is -6.32. The minimum Gasteiger partial charge on any atom is -0.434 e. The molecule has 4 rings (SSSR count). The van der Waals surface area contributed by atoms with Crippen molar-refractivity contribution in [1.29, 1.82) is 0 Å². The van der Waals surface area contributed by atoms with Crippen molar-refractivity contribution >= 4 is 20.0 Å². The number of nitrogens with one attached hydrogen (secondary N) is 1. The number of ether oxygens (including phenoxy) is 1. The van der Waals surface area contributed by atoms with Crippen LogP contribution >= 0.6 is 0 Å². The van der Waals surface area contributed by atoms with Crippen LogP contribution in [0.25, 0.3) is 0 Å². The molecule has 0 saturated carbocycles. The number of halogens is 4. The standard InChI is InChI=1S/C30H37F4N5O3Si/c1-19(39-12-9-30(33,34)23(17-39)20-7-10-35-11-8-20)28(40)38-25-15-37-26(16-36-25)42-27-21(13-22(31)14-24(27)32)18-41-43(5,6)29(2,3)4/h7-8,10-11,13-16,19,23H,9,12,17-18H2,1-6H3,(H,36,38,40). The zero-order chi connectivity index (χ0) is 31.6. The zero-order valence-electron chi connectivity index (χ0n) is 25.1. The largest absolute Gasteiger partial charge is 0.434 e. The first-order chi connectivity index (χ1) is 20.1. The predicted molar refractivity (Wildman–Crippen MR) is 157 cm³/mol. The fraction of sp³-hybridized carbons (Fsp3) is 0.467. The number of likely N-dealkylation sites (tertiary alicyclic amines) is 1. The van der Waals surface area contributed by atoms with Crippen LogP contribution < -0.4 is 10.1 Å². The van der Waals surface area contributed by atoms with Crippen LogP contribution in [0.5, 0.6) is 11.6 Å². The highest BCUT2D eigenvalue weighted by molar-refractivity contribution is 6.74. The van der Waals surface area contributed by atoms with Gasteiger partial charge < -0.3 is 14.5 Å². The van der Waals surface area contributed by atoms with Crippen LogP contribution in [0.1, 0.15) is 51.2 Å². The fourth-order valence-electron chi connectivity index (χ4n) is 4.47. The quantitative estimate of drug-likeness (QED) is 0.206. The molecular formula is C30H37F4N5O3Si. The number of piperidine rings is 1. The van der Waals surface area contributed by atoms with Gasteiger partial charge >= 0.3 is 0 Å². The number of hydrogen-bond acceptors (Lipinski definition) is 7. The Morgan fingerprint density at radius 3 is 2.49 bits per heavy atom. The molecular weight excluding hydrogens is 582 g/mol. The van der Waals surface area contributed by atoms with Gasteiger partial charge in [0.2, 0.25) is 11.8 Å². The van der Waals surface area contributed by atoms with Crippen molar-refractivity contribution in [3.8, 4) is 11.6 Å². The van der Waals surface area contributed by atoms with Crippen LogP contribution in [-0.4, -0.2) is 59.1 Å². The lowest BCUT2D eigenvalue weighted by Gasteiger charge is -2.40. The summed E-state index contributed by atoms with van der Waals surface area (Å²) in [6.45, 7) is 11.9.